The number of hydrogen-bond acceptors (Lipinski definition) is 5. The maximum absolute atomic E-state index is 13.6. The molecule has 5 nitrogen and oxygen atoms in total. The van der Waals surface area contributed by atoms with Gasteiger partial charge in [0, 0.05) is 17.7 Å². The van der Waals surface area contributed by atoms with Gasteiger partial charge in [0.15, 0.2) is 17.3 Å². The Morgan fingerprint density at radius 1 is 0.969 bits per heavy atom. The van der Waals surface area contributed by atoms with Crippen LogP contribution in [0.5, 0.6) is 11.5 Å². The third-order valence-electron chi connectivity index (χ3n) is 6.18. The number of halogens is 1. The Morgan fingerprint density at radius 2 is 1.69 bits per heavy atom. The van der Waals surface area contributed by atoms with Crippen LogP contribution in [0, 0.1) is 0 Å². The number of ether oxygens (including phenoxy) is 1. The number of phenolic OH excluding ortho intramolecular Hbond substituents is 1. The summed E-state index contributed by atoms with van der Waals surface area (Å²) in [6.07, 6.45) is 1.20. The first kappa shape index (κ1) is 20.6. The zero-order chi connectivity index (χ0) is 22.2. The van der Waals surface area contributed by atoms with Crippen molar-refractivity contribution < 1.29 is 14.6 Å². The van der Waals surface area contributed by atoms with Gasteiger partial charge in [0.05, 0.1) is 29.0 Å². The maximum atomic E-state index is 13.6. The molecule has 2 aliphatic rings. The summed E-state index contributed by atoms with van der Waals surface area (Å²) in [5.74, 6) is 0.633. The Morgan fingerprint density at radius 3 is 2.44 bits per heavy atom. The molecule has 0 aromatic heterocycles. The fraction of sp³-hybridized carbons (Fsp3) is 0.192. The fourth-order valence-corrected chi connectivity index (χ4v) is 5.08. The second-order valence-corrected chi connectivity index (χ2v) is 8.99. The van der Waals surface area contributed by atoms with Gasteiger partial charge in [0.2, 0.25) is 0 Å². The van der Waals surface area contributed by atoms with Crippen LogP contribution >= 0.6 is 15.9 Å². The number of hydrogen-bond donors (Lipinski definition) is 3. The summed E-state index contributed by atoms with van der Waals surface area (Å²) in [6, 6.07) is 21.4. The maximum Gasteiger partial charge on any atom is 0.172 e. The molecule has 3 N–H and O–H groups in total. The van der Waals surface area contributed by atoms with Crippen LogP contribution in [0.15, 0.2) is 82.5 Å². The number of nitrogens with one attached hydrogen (secondary N) is 2. The molecule has 0 saturated carbocycles. The van der Waals surface area contributed by atoms with Gasteiger partial charge in [-0.25, -0.2) is 0 Å². The Labute approximate surface area is 195 Å². The first-order chi connectivity index (χ1) is 15.5. The van der Waals surface area contributed by atoms with E-state index in [0.717, 1.165) is 34.6 Å². The SMILES string of the molecule is COc1cc([C@@H]2Nc3ccccc3NC3=C2C(=O)C[C@@H](c2ccccc2)C3)cc(Br)c1O. The highest BCUT2D eigenvalue weighted by Gasteiger charge is 2.36. The first-order valence-electron chi connectivity index (χ1n) is 10.6. The second kappa shape index (κ2) is 8.36. The minimum atomic E-state index is -0.379. The molecular weight excluding hydrogens is 468 g/mol. The second-order valence-electron chi connectivity index (χ2n) is 8.13. The van der Waals surface area contributed by atoms with Gasteiger partial charge in [0.25, 0.3) is 0 Å². The Balaban J connectivity index is 1.65. The molecule has 6 heteroatoms. The van der Waals surface area contributed by atoms with Crippen molar-refractivity contribution in [1.29, 1.82) is 0 Å². The van der Waals surface area contributed by atoms with Crippen molar-refractivity contribution in [3.8, 4) is 11.5 Å². The number of phenols is 1. The minimum Gasteiger partial charge on any atom is -0.503 e. The molecule has 1 aliphatic heterocycles. The van der Waals surface area contributed by atoms with Crippen molar-refractivity contribution in [2.75, 3.05) is 17.7 Å². The molecule has 5 rings (SSSR count). The third kappa shape index (κ3) is 3.65. The number of aromatic hydroxyl groups is 1. The van der Waals surface area contributed by atoms with E-state index in [-0.39, 0.29) is 23.5 Å². The van der Waals surface area contributed by atoms with E-state index in [2.05, 4.69) is 38.7 Å². The van der Waals surface area contributed by atoms with Crippen LogP contribution in [-0.4, -0.2) is 18.0 Å². The molecule has 0 saturated heterocycles. The number of carbonyl (C=O) groups is 1. The predicted octanol–water partition coefficient (Wildman–Crippen LogP) is 6.14. The van der Waals surface area contributed by atoms with E-state index in [4.69, 9.17) is 4.74 Å². The van der Waals surface area contributed by atoms with E-state index in [1.807, 2.05) is 48.5 Å². The third-order valence-corrected chi connectivity index (χ3v) is 6.79. The largest absolute Gasteiger partial charge is 0.503 e. The lowest BCUT2D eigenvalue weighted by Crippen LogP contribution is -2.26. The summed E-state index contributed by atoms with van der Waals surface area (Å²) >= 11 is 3.42. The summed E-state index contributed by atoms with van der Waals surface area (Å²) in [4.78, 5) is 13.6. The standard InChI is InChI=1S/C26H23BrN2O3/c1-32-23-14-17(11-18(27)26(23)31)25-24-21(28-19-9-5-6-10-20(19)29-25)12-16(13-22(24)30)15-7-3-2-4-8-15/h2-11,14,16,25,28-29,31H,12-13H2,1H3/t16-,25-/m0/s1. The highest BCUT2D eigenvalue weighted by molar-refractivity contribution is 9.10. The van der Waals surface area contributed by atoms with Gasteiger partial charge in [-0.05, 0) is 63.7 Å². The monoisotopic (exact) mass is 490 g/mol. The molecule has 0 fully saturated rings. The molecule has 1 aliphatic carbocycles. The Bertz CT molecular complexity index is 1220. The minimum absolute atomic E-state index is 0.0386. The highest BCUT2D eigenvalue weighted by atomic mass is 79.9. The molecule has 1 heterocycles. The first-order valence-corrected chi connectivity index (χ1v) is 11.3. The highest BCUT2D eigenvalue weighted by Crippen LogP contribution is 2.46. The fourth-order valence-electron chi connectivity index (χ4n) is 4.62. The molecule has 3 aromatic carbocycles. The van der Waals surface area contributed by atoms with Gasteiger partial charge in [-0.1, -0.05) is 42.5 Å². The molecule has 0 radical (unpaired) electrons. The van der Waals surface area contributed by atoms with Gasteiger partial charge >= 0.3 is 0 Å². The van der Waals surface area contributed by atoms with Crippen LogP contribution in [0.25, 0.3) is 0 Å². The van der Waals surface area contributed by atoms with E-state index in [1.54, 1.807) is 6.07 Å². The Hall–Kier alpha value is -3.25. The zero-order valence-corrected chi connectivity index (χ0v) is 19.1. The van der Waals surface area contributed by atoms with Crippen LogP contribution in [0.3, 0.4) is 0 Å². The molecule has 162 valence electrons. The molecule has 0 spiro atoms. The van der Waals surface area contributed by atoms with Gasteiger partial charge in [-0.15, -0.1) is 0 Å². The van der Waals surface area contributed by atoms with Crippen LogP contribution < -0.4 is 15.4 Å². The van der Waals surface area contributed by atoms with Crippen molar-refractivity contribution >= 4 is 33.1 Å². The van der Waals surface area contributed by atoms with E-state index >= 15 is 0 Å². The van der Waals surface area contributed by atoms with Gasteiger partial charge in [-0.2, -0.15) is 0 Å². The summed E-state index contributed by atoms with van der Waals surface area (Å²) in [7, 11) is 1.52. The van der Waals surface area contributed by atoms with Gasteiger partial charge < -0.3 is 20.5 Å². The summed E-state index contributed by atoms with van der Waals surface area (Å²) in [5, 5.41) is 17.4. The van der Waals surface area contributed by atoms with Crippen molar-refractivity contribution in [3.05, 3.63) is 93.6 Å². The van der Waals surface area contributed by atoms with E-state index in [9.17, 15) is 9.90 Å². The number of methoxy groups -OCH3 is 1. The molecule has 0 bridgehead atoms. The number of Topliss-reactive ketones (excluding diaryl/α,β-unsaturated/α-hetero) is 1. The topological polar surface area (TPSA) is 70.6 Å². The van der Waals surface area contributed by atoms with Crippen molar-refractivity contribution in [3.63, 3.8) is 0 Å². The van der Waals surface area contributed by atoms with Gasteiger partial charge in [0.1, 0.15) is 0 Å². The van der Waals surface area contributed by atoms with Crippen LogP contribution in [0.2, 0.25) is 0 Å². The van der Waals surface area contributed by atoms with Gasteiger partial charge in [-0.3, -0.25) is 4.79 Å². The molecular formula is C26H23BrN2O3. The smallest absolute Gasteiger partial charge is 0.172 e. The molecule has 3 aromatic rings. The number of para-hydroxylation sites is 2. The number of rotatable bonds is 3. The predicted molar refractivity (Wildman–Crippen MR) is 129 cm³/mol. The normalized spacial score (nSPS) is 19.9. The lowest BCUT2D eigenvalue weighted by molar-refractivity contribution is -0.116. The number of fused-ring (bicyclic) bond motifs is 1. The van der Waals surface area contributed by atoms with E-state index < -0.39 is 0 Å². The van der Waals surface area contributed by atoms with Crippen molar-refractivity contribution in [2.45, 2.75) is 24.8 Å². The van der Waals surface area contributed by atoms with Crippen molar-refractivity contribution in [2.24, 2.45) is 0 Å². The molecule has 2 atom stereocenters. The number of carbonyl (C=O) groups excluding carboxylic acids is 1. The van der Waals surface area contributed by atoms with E-state index in [1.165, 1.54) is 12.7 Å². The number of allylic oxidation sites excluding steroid dienone is 1. The zero-order valence-electron chi connectivity index (χ0n) is 17.6. The number of benzene rings is 3. The summed E-state index contributed by atoms with van der Waals surface area (Å²) < 4.78 is 5.89. The lowest BCUT2D eigenvalue weighted by atomic mass is 9.78. The average molecular weight is 491 g/mol. The van der Waals surface area contributed by atoms with Crippen molar-refractivity contribution in [1.82, 2.24) is 0 Å². The van der Waals surface area contributed by atoms with E-state index in [0.29, 0.717) is 16.6 Å². The quantitative estimate of drug-likeness (QED) is 0.411. The lowest BCUT2D eigenvalue weighted by Gasteiger charge is -2.30. The average Bonchev–Trinajstić information content (AvgIpc) is 2.98. The number of anilines is 2. The van der Waals surface area contributed by atoms with Crippen LogP contribution in [0.4, 0.5) is 11.4 Å². The number of ketones is 1. The molecule has 0 unspecified atom stereocenters. The van der Waals surface area contributed by atoms with Crippen LogP contribution in [-0.2, 0) is 4.79 Å². The molecule has 0 amide bonds. The summed E-state index contributed by atoms with van der Waals surface area (Å²) in [5.41, 5.74) is 5.52. The Kier molecular flexibility index (Phi) is 5.39. The molecule has 32 heavy (non-hydrogen) atoms. The van der Waals surface area contributed by atoms with Crippen LogP contribution in [0.1, 0.15) is 35.9 Å². The summed E-state index contributed by atoms with van der Waals surface area (Å²) in [6.45, 7) is 0.